The Morgan fingerprint density at radius 2 is 1.52 bits per heavy atom. The second-order valence-corrected chi connectivity index (χ2v) is 6.51. The third kappa shape index (κ3) is 2.50. The van der Waals surface area contributed by atoms with Gasteiger partial charge in [-0.15, -0.1) is 0 Å². The number of benzene rings is 3. The van der Waals surface area contributed by atoms with Crippen molar-refractivity contribution in [2.24, 2.45) is 0 Å². The quantitative estimate of drug-likeness (QED) is 0.397. The van der Waals surface area contributed by atoms with Crippen LogP contribution in [0.3, 0.4) is 0 Å². The standard InChI is InChI=1S/C21H16N4O2/c26-25(27)16-11-9-15(10-12-16)24-13-3-8-19(24)21-22-17-6-1-4-14-5-2-7-18(23-21)20(14)17/h1-13,21-23H. The van der Waals surface area contributed by atoms with Crippen molar-refractivity contribution in [2.45, 2.75) is 6.17 Å². The molecule has 6 nitrogen and oxygen atoms in total. The summed E-state index contributed by atoms with van der Waals surface area (Å²) >= 11 is 0. The van der Waals surface area contributed by atoms with Crippen LogP contribution >= 0.6 is 0 Å². The fourth-order valence-electron chi connectivity index (χ4n) is 3.68. The maximum Gasteiger partial charge on any atom is 0.269 e. The lowest BCUT2D eigenvalue weighted by atomic mass is 10.0. The number of non-ortho nitro benzene ring substituents is 1. The van der Waals surface area contributed by atoms with Crippen LogP contribution < -0.4 is 10.6 Å². The molecule has 4 aromatic rings. The summed E-state index contributed by atoms with van der Waals surface area (Å²) in [5.41, 5.74) is 4.16. The van der Waals surface area contributed by atoms with Crippen molar-refractivity contribution in [1.82, 2.24) is 4.57 Å². The third-order valence-electron chi connectivity index (χ3n) is 4.92. The monoisotopic (exact) mass is 356 g/mol. The molecule has 1 aliphatic heterocycles. The van der Waals surface area contributed by atoms with Crippen LogP contribution in [0.2, 0.25) is 0 Å². The molecule has 1 aromatic heterocycles. The lowest BCUT2D eigenvalue weighted by Gasteiger charge is -2.30. The highest BCUT2D eigenvalue weighted by Crippen LogP contribution is 2.38. The summed E-state index contributed by atoms with van der Waals surface area (Å²) in [6.07, 6.45) is 1.84. The van der Waals surface area contributed by atoms with Gasteiger partial charge >= 0.3 is 0 Å². The van der Waals surface area contributed by atoms with Crippen molar-refractivity contribution in [3.63, 3.8) is 0 Å². The van der Waals surface area contributed by atoms with Gasteiger partial charge in [-0.25, -0.2) is 0 Å². The predicted octanol–water partition coefficient (Wildman–Crippen LogP) is 5.07. The topological polar surface area (TPSA) is 72.1 Å². The molecule has 0 unspecified atom stereocenters. The molecule has 0 aliphatic carbocycles. The number of hydrogen-bond donors (Lipinski definition) is 2. The first-order valence-corrected chi connectivity index (χ1v) is 8.67. The van der Waals surface area contributed by atoms with Crippen LogP contribution in [0.4, 0.5) is 17.1 Å². The van der Waals surface area contributed by atoms with E-state index in [4.69, 9.17) is 0 Å². The van der Waals surface area contributed by atoms with E-state index >= 15 is 0 Å². The van der Waals surface area contributed by atoms with Crippen LogP contribution in [0, 0.1) is 10.1 Å². The lowest BCUT2D eigenvalue weighted by Crippen LogP contribution is -2.25. The highest BCUT2D eigenvalue weighted by Gasteiger charge is 2.22. The molecule has 0 amide bonds. The Hall–Kier alpha value is -3.80. The van der Waals surface area contributed by atoms with Crippen molar-refractivity contribution >= 4 is 27.8 Å². The Morgan fingerprint density at radius 3 is 2.15 bits per heavy atom. The van der Waals surface area contributed by atoms with Gasteiger partial charge in [0, 0.05) is 40.8 Å². The summed E-state index contributed by atoms with van der Waals surface area (Å²) in [5, 5.41) is 20.4. The van der Waals surface area contributed by atoms with E-state index in [1.54, 1.807) is 12.1 Å². The van der Waals surface area contributed by atoms with Crippen LogP contribution in [0.1, 0.15) is 11.9 Å². The highest BCUT2D eigenvalue weighted by molar-refractivity contribution is 6.04. The van der Waals surface area contributed by atoms with E-state index in [9.17, 15) is 10.1 Å². The van der Waals surface area contributed by atoms with E-state index in [1.165, 1.54) is 22.9 Å². The molecule has 2 heterocycles. The molecular weight excluding hydrogens is 340 g/mol. The van der Waals surface area contributed by atoms with E-state index in [1.807, 2.05) is 35.0 Å². The van der Waals surface area contributed by atoms with Gasteiger partial charge in [-0.1, -0.05) is 24.3 Å². The largest absolute Gasteiger partial charge is 0.360 e. The summed E-state index contributed by atoms with van der Waals surface area (Å²) in [6, 6.07) is 23.1. The minimum absolute atomic E-state index is 0.0852. The van der Waals surface area contributed by atoms with Crippen molar-refractivity contribution in [2.75, 3.05) is 10.6 Å². The maximum atomic E-state index is 10.9. The van der Waals surface area contributed by atoms with Gasteiger partial charge in [-0.2, -0.15) is 0 Å². The predicted molar refractivity (Wildman–Crippen MR) is 106 cm³/mol. The van der Waals surface area contributed by atoms with Gasteiger partial charge in [0.1, 0.15) is 6.17 Å². The molecule has 0 radical (unpaired) electrons. The Bertz CT molecular complexity index is 1120. The van der Waals surface area contributed by atoms with E-state index in [0.29, 0.717) is 0 Å². The van der Waals surface area contributed by atoms with Crippen molar-refractivity contribution in [3.8, 4) is 5.69 Å². The van der Waals surface area contributed by atoms with Gasteiger partial charge in [0.25, 0.3) is 5.69 Å². The van der Waals surface area contributed by atoms with E-state index in [-0.39, 0.29) is 16.8 Å². The number of aromatic nitrogens is 1. The zero-order chi connectivity index (χ0) is 18.4. The van der Waals surface area contributed by atoms with E-state index < -0.39 is 0 Å². The molecule has 0 saturated carbocycles. The van der Waals surface area contributed by atoms with Crippen molar-refractivity contribution < 1.29 is 4.92 Å². The molecule has 5 rings (SSSR count). The highest BCUT2D eigenvalue weighted by atomic mass is 16.6. The summed E-state index contributed by atoms with van der Waals surface area (Å²) in [7, 11) is 0. The Morgan fingerprint density at radius 1 is 0.852 bits per heavy atom. The first-order valence-electron chi connectivity index (χ1n) is 8.67. The number of nitro benzene ring substituents is 1. The zero-order valence-electron chi connectivity index (χ0n) is 14.3. The molecule has 0 spiro atoms. The number of nitrogens with zero attached hydrogens (tertiary/aromatic N) is 2. The smallest absolute Gasteiger partial charge is 0.269 e. The fourth-order valence-corrected chi connectivity index (χ4v) is 3.68. The van der Waals surface area contributed by atoms with Crippen molar-refractivity contribution in [3.05, 3.63) is 94.8 Å². The van der Waals surface area contributed by atoms with Crippen LogP contribution in [-0.2, 0) is 0 Å². The van der Waals surface area contributed by atoms with Gasteiger partial charge in [0.15, 0.2) is 0 Å². The number of hydrogen-bond acceptors (Lipinski definition) is 4. The Labute approximate surface area is 155 Å². The fraction of sp³-hybridized carbons (Fsp3) is 0.0476. The first kappa shape index (κ1) is 15.5. The average Bonchev–Trinajstić information content (AvgIpc) is 3.18. The van der Waals surface area contributed by atoms with E-state index in [0.717, 1.165) is 22.8 Å². The second-order valence-electron chi connectivity index (χ2n) is 6.51. The molecule has 1 aliphatic rings. The van der Waals surface area contributed by atoms with Gasteiger partial charge in [-0.05, 0) is 41.8 Å². The maximum absolute atomic E-state index is 10.9. The Kier molecular flexibility index (Phi) is 3.36. The molecule has 6 heteroatoms. The van der Waals surface area contributed by atoms with Crippen LogP contribution in [0.15, 0.2) is 79.0 Å². The third-order valence-corrected chi connectivity index (χ3v) is 4.92. The molecule has 27 heavy (non-hydrogen) atoms. The second kappa shape index (κ2) is 5.88. The molecule has 132 valence electrons. The number of nitrogens with one attached hydrogen (secondary N) is 2. The summed E-state index contributed by atoms with van der Waals surface area (Å²) < 4.78 is 2.03. The average molecular weight is 356 g/mol. The van der Waals surface area contributed by atoms with Crippen LogP contribution in [-0.4, -0.2) is 9.49 Å². The lowest BCUT2D eigenvalue weighted by molar-refractivity contribution is -0.384. The number of nitro groups is 1. The molecule has 0 saturated heterocycles. The molecule has 3 aromatic carbocycles. The minimum atomic E-state index is -0.387. The number of rotatable bonds is 3. The van der Waals surface area contributed by atoms with Gasteiger partial charge < -0.3 is 15.2 Å². The number of anilines is 2. The SMILES string of the molecule is O=[N+]([O-])c1ccc(-n2cccc2C2Nc3cccc4cccc(c34)N2)cc1. The minimum Gasteiger partial charge on any atom is -0.360 e. The first-order chi connectivity index (χ1) is 13.2. The zero-order valence-corrected chi connectivity index (χ0v) is 14.3. The summed E-state index contributed by atoms with van der Waals surface area (Å²) in [5.74, 6) is 0. The normalized spacial score (nSPS) is 13.2. The molecular formula is C21H16N4O2. The van der Waals surface area contributed by atoms with Gasteiger partial charge in [0.2, 0.25) is 0 Å². The van der Waals surface area contributed by atoms with Gasteiger partial charge in [0.05, 0.1) is 10.6 Å². The molecule has 0 atom stereocenters. The molecule has 0 bridgehead atoms. The Balaban J connectivity index is 1.54. The van der Waals surface area contributed by atoms with Crippen LogP contribution in [0.25, 0.3) is 16.5 Å². The summed E-state index contributed by atoms with van der Waals surface area (Å²) in [6.45, 7) is 0. The van der Waals surface area contributed by atoms with Crippen LogP contribution in [0.5, 0.6) is 0 Å². The molecule has 0 fully saturated rings. The van der Waals surface area contributed by atoms with E-state index in [2.05, 4.69) is 34.9 Å². The van der Waals surface area contributed by atoms with Gasteiger partial charge in [-0.3, -0.25) is 10.1 Å². The van der Waals surface area contributed by atoms with Crippen molar-refractivity contribution in [1.29, 1.82) is 0 Å². The molecule has 2 N–H and O–H groups in total. The summed E-state index contributed by atoms with van der Waals surface area (Å²) in [4.78, 5) is 10.5.